The van der Waals surface area contributed by atoms with Crippen LogP contribution in [0.1, 0.15) is 28.4 Å². The van der Waals surface area contributed by atoms with Gasteiger partial charge in [-0.3, -0.25) is 4.79 Å². The van der Waals surface area contributed by atoms with E-state index < -0.39 is 0 Å². The molecule has 2 N–H and O–H groups in total. The maximum Gasteiger partial charge on any atom is 0.237 e. The van der Waals surface area contributed by atoms with Crippen molar-refractivity contribution in [1.29, 1.82) is 0 Å². The van der Waals surface area contributed by atoms with Crippen LogP contribution in [-0.2, 0) is 11.2 Å². The second-order valence-electron chi connectivity index (χ2n) is 4.43. The Labute approximate surface area is 106 Å². The minimum atomic E-state index is 0.0271. The predicted molar refractivity (Wildman–Crippen MR) is 69.3 cm³/mol. The number of nitrogens with one attached hydrogen (secondary N) is 2. The summed E-state index contributed by atoms with van der Waals surface area (Å²) in [5.41, 5.74) is 1.10. The molecule has 0 aromatic carbocycles. The van der Waals surface area contributed by atoms with Crippen LogP contribution in [0.4, 0.5) is 0 Å². The summed E-state index contributed by atoms with van der Waals surface area (Å²) in [6, 6.07) is 0.0271. The summed E-state index contributed by atoms with van der Waals surface area (Å²) in [6.07, 6.45) is 2.95. The molecule has 0 radical (unpaired) electrons. The fraction of sp³-hybridized carbons (Fsp3) is 0.667. The molecular weight excluding hydrogens is 234 g/mol. The third kappa shape index (κ3) is 3.26. The van der Waals surface area contributed by atoms with Crippen molar-refractivity contribution in [2.45, 2.75) is 39.2 Å². The summed E-state index contributed by atoms with van der Waals surface area (Å²) in [7, 11) is 0. The maximum atomic E-state index is 11.7. The average molecular weight is 253 g/mol. The van der Waals surface area contributed by atoms with E-state index in [9.17, 15) is 4.79 Å². The molecule has 1 aromatic heterocycles. The fourth-order valence-electron chi connectivity index (χ4n) is 2.14. The molecule has 0 aliphatic carbocycles. The Hall–Kier alpha value is -0.940. The second kappa shape index (κ2) is 5.60. The Morgan fingerprint density at radius 1 is 1.59 bits per heavy atom. The molecule has 4 nitrogen and oxygen atoms in total. The number of hydrogen-bond acceptors (Lipinski definition) is 4. The lowest BCUT2D eigenvalue weighted by molar-refractivity contribution is -0.122. The number of thiazole rings is 1. The van der Waals surface area contributed by atoms with E-state index in [1.807, 2.05) is 13.8 Å². The van der Waals surface area contributed by atoms with E-state index in [0.29, 0.717) is 6.54 Å². The van der Waals surface area contributed by atoms with E-state index in [1.54, 1.807) is 11.3 Å². The van der Waals surface area contributed by atoms with Crippen molar-refractivity contribution in [2.75, 3.05) is 13.1 Å². The molecule has 1 aliphatic rings. The summed E-state index contributed by atoms with van der Waals surface area (Å²) in [6.45, 7) is 5.71. The summed E-state index contributed by atoms with van der Waals surface area (Å²) in [5.74, 6) is 0.140. The molecule has 0 saturated carbocycles. The first-order chi connectivity index (χ1) is 8.16. The van der Waals surface area contributed by atoms with Crippen LogP contribution < -0.4 is 10.6 Å². The van der Waals surface area contributed by atoms with Gasteiger partial charge in [0, 0.05) is 17.8 Å². The summed E-state index contributed by atoms with van der Waals surface area (Å²) in [5, 5.41) is 7.28. The van der Waals surface area contributed by atoms with Gasteiger partial charge >= 0.3 is 0 Å². The molecule has 1 unspecified atom stereocenters. The number of amides is 1. The van der Waals surface area contributed by atoms with Crippen LogP contribution in [0.3, 0.4) is 0 Å². The van der Waals surface area contributed by atoms with E-state index in [4.69, 9.17) is 0 Å². The number of hydrogen-bond donors (Lipinski definition) is 2. The molecule has 1 amide bonds. The fourth-order valence-corrected chi connectivity index (χ4v) is 3.07. The van der Waals surface area contributed by atoms with Gasteiger partial charge in [0.15, 0.2) is 0 Å². The van der Waals surface area contributed by atoms with Crippen molar-refractivity contribution in [1.82, 2.24) is 15.6 Å². The van der Waals surface area contributed by atoms with Crippen molar-refractivity contribution >= 4 is 17.2 Å². The molecule has 17 heavy (non-hydrogen) atoms. The molecule has 0 spiro atoms. The van der Waals surface area contributed by atoms with Gasteiger partial charge in [-0.05, 0) is 33.2 Å². The van der Waals surface area contributed by atoms with Gasteiger partial charge in [-0.2, -0.15) is 0 Å². The van der Waals surface area contributed by atoms with Crippen molar-refractivity contribution in [3.63, 3.8) is 0 Å². The van der Waals surface area contributed by atoms with Gasteiger partial charge in [-0.1, -0.05) is 0 Å². The number of carbonyl (C=O) groups is 1. The van der Waals surface area contributed by atoms with Crippen LogP contribution in [0.2, 0.25) is 0 Å². The monoisotopic (exact) mass is 253 g/mol. The molecule has 2 rings (SSSR count). The smallest absolute Gasteiger partial charge is 0.237 e. The zero-order chi connectivity index (χ0) is 12.3. The van der Waals surface area contributed by atoms with Crippen molar-refractivity contribution in [2.24, 2.45) is 0 Å². The largest absolute Gasteiger partial charge is 0.354 e. The number of aromatic nitrogens is 1. The van der Waals surface area contributed by atoms with Gasteiger partial charge in [0.2, 0.25) is 5.91 Å². The lowest BCUT2D eigenvalue weighted by atomic mass is 10.2. The normalized spacial score (nSPS) is 19.5. The molecule has 1 fully saturated rings. The van der Waals surface area contributed by atoms with Gasteiger partial charge in [0.1, 0.15) is 0 Å². The molecular formula is C12H19N3OS. The first-order valence-electron chi connectivity index (χ1n) is 6.11. The highest BCUT2D eigenvalue weighted by atomic mass is 32.1. The molecule has 5 heteroatoms. The van der Waals surface area contributed by atoms with Crippen LogP contribution >= 0.6 is 11.3 Å². The Morgan fingerprint density at radius 3 is 3.00 bits per heavy atom. The van der Waals surface area contributed by atoms with Crippen molar-refractivity contribution in [3.8, 4) is 0 Å². The minimum Gasteiger partial charge on any atom is -0.354 e. The second-order valence-corrected chi connectivity index (χ2v) is 5.72. The van der Waals surface area contributed by atoms with Crippen LogP contribution in [0.25, 0.3) is 0 Å². The van der Waals surface area contributed by atoms with Gasteiger partial charge in [-0.25, -0.2) is 4.98 Å². The van der Waals surface area contributed by atoms with Gasteiger partial charge in [-0.15, -0.1) is 11.3 Å². The van der Waals surface area contributed by atoms with Crippen LogP contribution in [0.15, 0.2) is 0 Å². The minimum absolute atomic E-state index is 0.0271. The highest BCUT2D eigenvalue weighted by Gasteiger charge is 2.21. The molecule has 1 atom stereocenters. The topological polar surface area (TPSA) is 54.0 Å². The summed E-state index contributed by atoms with van der Waals surface area (Å²) >= 11 is 1.72. The van der Waals surface area contributed by atoms with Crippen LogP contribution in [0, 0.1) is 13.8 Å². The standard InChI is InChI=1S/C12H19N3OS/c1-8-11(17-9(2)15-8)5-7-14-12(16)10-4-3-6-13-10/h10,13H,3-7H2,1-2H3,(H,14,16). The Bertz CT molecular complexity index is 396. The summed E-state index contributed by atoms with van der Waals surface area (Å²) in [4.78, 5) is 17.4. The molecule has 94 valence electrons. The lowest BCUT2D eigenvalue weighted by Gasteiger charge is -2.10. The predicted octanol–water partition coefficient (Wildman–Crippen LogP) is 1.17. The Morgan fingerprint density at radius 2 is 2.41 bits per heavy atom. The maximum absolute atomic E-state index is 11.7. The zero-order valence-electron chi connectivity index (χ0n) is 10.4. The Balaban J connectivity index is 1.75. The van der Waals surface area contributed by atoms with E-state index in [2.05, 4.69) is 15.6 Å². The van der Waals surface area contributed by atoms with E-state index in [-0.39, 0.29) is 11.9 Å². The molecule has 1 saturated heterocycles. The summed E-state index contributed by atoms with van der Waals surface area (Å²) < 4.78 is 0. The first kappa shape index (κ1) is 12.5. The van der Waals surface area contributed by atoms with Gasteiger partial charge < -0.3 is 10.6 Å². The SMILES string of the molecule is Cc1nc(C)c(CCNC(=O)C2CCCN2)s1. The van der Waals surface area contributed by atoms with Crippen LogP contribution in [-0.4, -0.2) is 30.0 Å². The number of rotatable bonds is 4. The lowest BCUT2D eigenvalue weighted by Crippen LogP contribution is -2.41. The Kier molecular flexibility index (Phi) is 4.12. The van der Waals surface area contributed by atoms with Crippen molar-refractivity contribution in [3.05, 3.63) is 15.6 Å². The molecule has 1 aromatic rings. The molecule has 0 bridgehead atoms. The zero-order valence-corrected chi connectivity index (χ0v) is 11.2. The van der Waals surface area contributed by atoms with Crippen molar-refractivity contribution < 1.29 is 4.79 Å². The average Bonchev–Trinajstić information content (AvgIpc) is 2.89. The van der Waals surface area contributed by atoms with Crippen LogP contribution in [0.5, 0.6) is 0 Å². The number of carbonyl (C=O) groups excluding carboxylic acids is 1. The van der Waals surface area contributed by atoms with E-state index in [0.717, 1.165) is 36.5 Å². The van der Waals surface area contributed by atoms with Gasteiger partial charge in [0.25, 0.3) is 0 Å². The van der Waals surface area contributed by atoms with E-state index >= 15 is 0 Å². The highest BCUT2D eigenvalue weighted by molar-refractivity contribution is 7.11. The van der Waals surface area contributed by atoms with Gasteiger partial charge in [0.05, 0.1) is 16.7 Å². The third-order valence-electron chi connectivity index (χ3n) is 3.03. The number of aryl methyl sites for hydroxylation is 2. The molecule has 1 aliphatic heterocycles. The molecule has 2 heterocycles. The quantitative estimate of drug-likeness (QED) is 0.847. The van der Waals surface area contributed by atoms with E-state index in [1.165, 1.54) is 4.88 Å². The first-order valence-corrected chi connectivity index (χ1v) is 6.92. The highest BCUT2D eigenvalue weighted by Crippen LogP contribution is 2.17. The third-order valence-corrected chi connectivity index (χ3v) is 4.16. The number of nitrogens with zero attached hydrogens (tertiary/aromatic N) is 1.